The molecule has 0 spiro atoms. The summed E-state index contributed by atoms with van der Waals surface area (Å²) in [6.45, 7) is 3.41. The van der Waals surface area contributed by atoms with Crippen LogP contribution in [-0.2, 0) is 9.59 Å². The molecule has 29 heavy (non-hydrogen) atoms. The zero-order valence-electron chi connectivity index (χ0n) is 16.1. The van der Waals surface area contributed by atoms with Crippen LogP contribution in [0.5, 0.6) is 0 Å². The summed E-state index contributed by atoms with van der Waals surface area (Å²) < 4.78 is 0. The molecule has 3 heterocycles. The maximum Gasteiger partial charge on any atom is 0.308 e. The minimum atomic E-state index is -0.855. The number of piperazine rings is 1. The molecule has 7 heteroatoms. The van der Waals surface area contributed by atoms with Crippen LogP contribution in [0.15, 0.2) is 60.6 Å². The fourth-order valence-corrected chi connectivity index (χ4v) is 4.39. The Hall–Kier alpha value is -3.15. The number of rotatable bonds is 4. The number of hydrogen-bond donors (Lipinski definition) is 1. The van der Waals surface area contributed by atoms with Gasteiger partial charge in [-0.1, -0.05) is 18.2 Å². The number of para-hydroxylation sites is 1. The van der Waals surface area contributed by atoms with Crippen molar-refractivity contribution in [3.05, 3.63) is 60.6 Å². The van der Waals surface area contributed by atoms with Crippen LogP contribution < -0.4 is 9.80 Å². The third-order valence-corrected chi connectivity index (χ3v) is 5.84. The second-order valence-electron chi connectivity index (χ2n) is 7.38. The van der Waals surface area contributed by atoms with Crippen LogP contribution >= 0.6 is 0 Å². The molecule has 1 aromatic heterocycles. The number of nitrogens with zero attached hydrogens (tertiary/aromatic N) is 4. The molecule has 2 fully saturated rings. The van der Waals surface area contributed by atoms with Crippen LogP contribution in [0.25, 0.3) is 0 Å². The Morgan fingerprint density at radius 1 is 0.966 bits per heavy atom. The molecule has 2 saturated heterocycles. The fourth-order valence-electron chi connectivity index (χ4n) is 4.39. The summed E-state index contributed by atoms with van der Waals surface area (Å²) in [7, 11) is 0. The second kappa shape index (κ2) is 8.47. The Balaban J connectivity index is 1.57. The molecule has 0 bridgehead atoms. The van der Waals surface area contributed by atoms with E-state index >= 15 is 0 Å². The van der Waals surface area contributed by atoms with E-state index in [2.05, 4.69) is 20.7 Å². The van der Waals surface area contributed by atoms with Gasteiger partial charge in [0.1, 0.15) is 11.6 Å². The molecule has 1 aromatic carbocycles. The van der Waals surface area contributed by atoms with Gasteiger partial charge >= 0.3 is 5.97 Å². The third kappa shape index (κ3) is 3.88. The van der Waals surface area contributed by atoms with E-state index < -0.39 is 17.9 Å². The molecule has 150 valence electrons. The van der Waals surface area contributed by atoms with Gasteiger partial charge in [-0.05, 0) is 30.7 Å². The van der Waals surface area contributed by atoms with E-state index in [1.807, 2.05) is 47.4 Å². The summed E-state index contributed by atoms with van der Waals surface area (Å²) in [5.41, 5.74) is 2.43. The van der Waals surface area contributed by atoms with Crippen molar-refractivity contribution in [1.82, 2.24) is 9.88 Å². The van der Waals surface area contributed by atoms with Gasteiger partial charge in [0, 0.05) is 56.5 Å². The molecule has 0 saturated carbocycles. The molecular formula is C22H24N4O3. The van der Waals surface area contributed by atoms with Crippen molar-refractivity contribution >= 4 is 23.3 Å². The van der Waals surface area contributed by atoms with Crippen LogP contribution in [0.1, 0.15) is 6.42 Å². The Labute approximate surface area is 169 Å². The standard InChI is InChI=1S/C22H24N4O3/c27-16-20-21(25-14-12-24(13-15-25)17-6-9-23-10-7-17)19(22(28)29)8-11-26(20)18-4-2-1-3-5-18/h1-7,9-10,19,21H,8,11-15H2,(H,28,29). The predicted molar refractivity (Wildman–Crippen MR) is 111 cm³/mol. The van der Waals surface area contributed by atoms with Crippen molar-refractivity contribution in [3.63, 3.8) is 0 Å². The average Bonchev–Trinajstić information content (AvgIpc) is 2.79. The van der Waals surface area contributed by atoms with Crippen molar-refractivity contribution in [2.75, 3.05) is 42.5 Å². The highest BCUT2D eigenvalue weighted by atomic mass is 16.4. The normalized spacial score (nSPS) is 23.0. The van der Waals surface area contributed by atoms with E-state index in [9.17, 15) is 14.7 Å². The van der Waals surface area contributed by atoms with Gasteiger partial charge in [0.15, 0.2) is 0 Å². The summed E-state index contributed by atoms with van der Waals surface area (Å²) >= 11 is 0. The lowest BCUT2D eigenvalue weighted by Gasteiger charge is -2.46. The van der Waals surface area contributed by atoms with Crippen LogP contribution in [0.3, 0.4) is 0 Å². The van der Waals surface area contributed by atoms with Gasteiger partial charge in [-0.2, -0.15) is 0 Å². The van der Waals surface area contributed by atoms with Gasteiger partial charge in [-0.15, -0.1) is 0 Å². The van der Waals surface area contributed by atoms with Crippen molar-refractivity contribution in [2.24, 2.45) is 5.92 Å². The molecule has 7 nitrogen and oxygen atoms in total. The SMILES string of the molecule is O=C=C1C(N2CCN(c3ccncc3)CC2)C(C(=O)O)CCN1c1ccccc1. The van der Waals surface area contributed by atoms with E-state index in [-0.39, 0.29) is 0 Å². The number of aliphatic carboxylic acids is 1. The number of carboxylic acid groups (broad SMARTS) is 1. The molecule has 1 N–H and O–H groups in total. The second-order valence-corrected chi connectivity index (χ2v) is 7.38. The number of benzene rings is 1. The summed E-state index contributed by atoms with van der Waals surface area (Å²) in [5, 5.41) is 9.83. The monoisotopic (exact) mass is 392 g/mol. The summed E-state index contributed by atoms with van der Waals surface area (Å²) in [4.78, 5) is 34.4. The summed E-state index contributed by atoms with van der Waals surface area (Å²) in [6.07, 6.45) is 4.03. The first kappa shape index (κ1) is 19.2. The lowest BCUT2D eigenvalue weighted by molar-refractivity contribution is -0.144. The molecule has 0 aliphatic carbocycles. The summed E-state index contributed by atoms with van der Waals surface area (Å²) in [6, 6.07) is 13.1. The number of pyridine rings is 1. The van der Waals surface area contributed by atoms with Crippen molar-refractivity contribution in [3.8, 4) is 0 Å². The molecular weight excluding hydrogens is 368 g/mol. The van der Waals surface area contributed by atoms with Gasteiger partial charge in [0.05, 0.1) is 12.0 Å². The number of hydrogen-bond acceptors (Lipinski definition) is 6. The smallest absolute Gasteiger partial charge is 0.308 e. The molecule has 2 unspecified atom stereocenters. The predicted octanol–water partition coefficient (Wildman–Crippen LogP) is 1.90. The molecule has 2 aliphatic rings. The van der Waals surface area contributed by atoms with Gasteiger partial charge < -0.3 is 14.9 Å². The number of piperidine rings is 1. The van der Waals surface area contributed by atoms with Crippen molar-refractivity contribution in [2.45, 2.75) is 12.5 Å². The summed E-state index contributed by atoms with van der Waals surface area (Å²) in [5.74, 6) is 0.627. The molecule has 2 aliphatic heterocycles. The van der Waals surface area contributed by atoms with E-state index in [1.54, 1.807) is 12.4 Å². The van der Waals surface area contributed by atoms with Crippen LogP contribution in [0.2, 0.25) is 0 Å². The quantitative estimate of drug-likeness (QED) is 0.797. The molecule has 4 rings (SSSR count). The number of carbonyl (C=O) groups is 1. The van der Waals surface area contributed by atoms with Gasteiger partial charge in [-0.25, -0.2) is 4.79 Å². The van der Waals surface area contributed by atoms with Gasteiger partial charge in [0.2, 0.25) is 0 Å². The van der Waals surface area contributed by atoms with Gasteiger partial charge in [-0.3, -0.25) is 14.7 Å². The highest BCUT2D eigenvalue weighted by Crippen LogP contribution is 2.34. The maximum absolute atomic E-state index is 12.0. The highest BCUT2D eigenvalue weighted by Gasteiger charge is 2.43. The largest absolute Gasteiger partial charge is 0.481 e. The molecule has 0 amide bonds. The Kier molecular flexibility index (Phi) is 5.60. The van der Waals surface area contributed by atoms with Crippen molar-refractivity contribution < 1.29 is 14.7 Å². The first-order valence-corrected chi connectivity index (χ1v) is 9.88. The lowest BCUT2D eigenvalue weighted by atomic mass is 9.87. The maximum atomic E-state index is 12.0. The van der Waals surface area contributed by atoms with E-state index in [0.29, 0.717) is 31.8 Å². The van der Waals surface area contributed by atoms with E-state index in [0.717, 1.165) is 24.5 Å². The molecule has 0 radical (unpaired) electrons. The topological polar surface area (TPSA) is 77.0 Å². The zero-order valence-corrected chi connectivity index (χ0v) is 16.1. The first-order valence-electron chi connectivity index (χ1n) is 9.88. The van der Waals surface area contributed by atoms with Crippen LogP contribution in [0.4, 0.5) is 11.4 Å². The molecule has 2 aromatic rings. The number of anilines is 2. The van der Waals surface area contributed by atoms with E-state index in [1.165, 1.54) is 0 Å². The number of aromatic nitrogens is 1. The zero-order chi connectivity index (χ0) is 20.2. The van der Waals surface area contributed by atoms with Crippen LogP contribution in [0, 0.1) is 5.92 Å². The van der Waals surface area contributed by atoms with Crippen LogP contribution in [-0.4, -0.2) is 65.7 Å². The minimum Gasteiger partial charge on any atom is -0.481 e. The first-order chi connectivity index (χ1) is 14.2. The third-order valence-electron chi connectivity index (χ3n) is 5.84. The molecule has 2 atom stereocenters. The number of carbonyl (C=O) groups excluding carboxylic acids is 1. The minimum absolute atomic E-state index is 0.423. The number of carboxylic acids is 1. The lowest BCUT2D eigenvalue weighted by Crippen LogP contribution is -2.58. The Morgan fingerprint density at radius 3 is 2.28 bits per heavy atom. The van der Waals surface area contributed by atoms with Gasteiger partial charge in [0.25, 0.3) is 0 Å². The van der Waals surface area contributed by atoms with E-state index in [4.69, 9.17) is 0 Å². The Bertz CT molecular complexity index is 891. The average molecular weight is 392 g/mol. The highest BCUT2D eigenvalue weighted by molar-refractivity contribution is 5.76. The van der Waals surface area contributed by atoms with Crippen molar-refractivity contribution in [1.29, 1.82) is 0 Å². The Morgan fingerprint density at radius 2 is 1.66 bits per heavy atom. The fraction of sp³-hybridized carbons (Fsp3) is 0.364.